The Bertz CT molecular complexity index is 879. The third kappa shape index (κ3) is 8.39. The van der Waals surface area contributed by atoms with E-state index in [4.69, 9.17) is 11.6 Å². The van der Waals surface area contributed by atoms with Crippen LogP contribution in [0.3, 0.4) is 0 Å². The largest absolute Gasteiger partial charge is 0.198 e. The number of rotatable bonds is 17. The van der Waals surface area contributed by atoms with Gasteiger partial charge in [0.05, 0.1) is 12.5 Å². The van der Waals surface area contributed by atoms with Gasteiger partial charge in [0.2, 0.25) is 0 Å². The number of unbranched alkanes of at least 4 members (excludes halogenated alkanes) is 5. The number of nitrogens with zero attached hydrogens (tertiary/aromatic N) is 1. The van der Waals surface area contributed by atoms with Crippen LogP contribution in [-0.4, -0.2) is 0 Å². The van der Waals surface area contributed by atoms with Gasteiger partial charge in [0.15, 0.2) is 0 Å². The number of hydrogen-bond donors (Lipinski definition) is 0. The molecule has 0 aliphatic rings. The van der Waals surface area contributed by atoms with E-state index in [-0.39, 0.29) is 10.8 Å². The van der Waals surface area contributed by atoms with Crippen molar-refractivity contribution >= 4 is 11.6 Å². The van der Waals surface area contributed by atoms with E-state index in [0.717, 1.165) is 17.0 Å². The molecular formula is C33H48ClN. The first kappa shape index (κ1) is 29.5. The van der Waals surface area contributed by atoms with Crippen LogP contribution in [0.2, 0.25) is 5.02 Å². The summed E-state index contributed by atoms with van der Waals surface area (Å²) in [4.78, 5) is 0. The summed E-state index contributed by atoms with van der Waals surface area (Å²) in [5.41, 5.74) is 4.34. The monoisotopic (exact) mass is 493 g/mol. The van der Waals surface area contributed by atoms with Gasteiger partial charge in [-0.05, 0) is 71.8 Å². The molecule has 2 rings (SSSR count). The first-order chi connectivity index (χ1) is 17.0. The molecule has 0 amide bonds. The number of nitriles is 1. The molecule has 2 aromatic rings. The van der Waals surface area contributed by atoms with Crippen molar-refractivity contribution < 1.29 is 0 Å². The number of halogens is 1. The molecular weight excluding hydrogens is 446 g/mol. The summed E-state index contributed by atoms with van der Waals surface area (Å²) in [6.07, 6.45) is 16.7. The van der Waals surface area contributed by atoms with E-state index >= 15 is 0 Å². The number of benzene rings is 2. The van der Waals surface area contributed by atoms with Gasteiger partial charge in [-0.25, -0.2) is 0 Å². The minimum absolute atomic E-state index is 0.141. The topological polar surface area (TPSA) is 23.8 Å². The van der Waals surface area contributed by atoms with Crippen LogP contribution in [0.15, 0.2) is 48.5 Å². The highest BCUT2D eigenvalue weighted by Gasteiger charge is 2.41. The minimum Gasteiger partial charge on any atom is -0.198 e. The lowest BCUT2D eigenvalue weighted by Gasteiger charge is -2.45. The Labute approximate surface area is 221 Å². The van der Waals surface area contributed by atoms with Gasteiger partial charge in [0.1, 0.15) is 0 Å². The van der Waals surface area contributed by atoms with Crippen LogP contribution in [0.25, 0.3) is 0 Å². The molecule has 2 heteroatoms. The lowest BCUT2D eigenvalue weighted by molar-refractivity contribution is 0.212. The fourth-order valence-corrected chi connectivity index (χ4v) is 6.26. The van der Waals surface area contributed by atoms with Crippen LogP contribution in [0.1, 0.15) is 128 Å². The Balaban J connectivity index is 2.59. The molecule has 0 aliphatic heterocycles. The van der Waals surface area contributed by atoms with E-state index in [2.05, 4.69) is 82.3 Å². The Morgan fingerprint density at radius 3 is 1.74 bits per heavy atom. The third-order valence-electron chi connectivity index (χ3n) is 8.16. The second-order valence-electron chi connectivity index (χ2n) is 10.6. The van der Waals surface area contributed by atoms with Gasteiger partial charge in [0, 0.05) is 5.02 Å². The van der Waals surface area contributed by atoms with Crippen molar-refractivity contribution in [3.05, 3.63) is 70.2 Å². The van der Waals surface area contributed by atoms with Gasteiger partial charge in [-0.1, -0.05) is 127 Å². The van der Waals surface area contributed by atoms with Gasteiger partial charge in [-0.2, -0.15) is 5.26 Å². The normalized spacial score (nSPS) is 14.7. The molecule has 0 aliphatic carbocycles. The fraction of sp³-hybridized carbons (Fsp3) is 0.606. The highest BCUT2D eigenvalue weighted by Crippen LogP contribution is 2.49. The van der Waals surface area contributed by atoms with Crippen LogP contribution >= 0.6 is 11.6 Å². The third-order valence-corrected chi connectivity index (χ3v) is 8.41. The summed E-state index contributed by atoms with van der Waals surface area (Å²) in [7, 11) is 0. The van der Waals surface area contributed by atoms with E-state index in [0.29, 0.717) is 6.42 Å². The van der Waals surface area contributed by atoms with Crippen molar-refractivity contribution in [3.8, 4) is 6.07 Å². The highest BCUT2D eigenvalue weighted by molar-refractivity contribution is 6.30. The molecule has 0 heterocycles. The first-order valence-electron chi connectivity index (χ1n) is 14.2. The van der Waals surface area contributed by atoms with Crippen molar-refractivity contribution in [1.29, 1.82) is 5.26 Å². The molecule has 0 saturated heterocycles. The van der Waals surface area contributed by atoms with Crippen LogP contribution in [0.5, 0.6) is 0 Å². The summed E-state index contributed by atoms with van der Waals surface area (Å²) in [5, 5.41) is 10.0. The van der Waals surface area contributed by atoms with Gasteiger partial charge in [-0.3, -0.25) is 0 Å². The lowest BCUT2D eigenvalue weighted by atomic mass is 9.59. The Hall–Kier alpha value is -1.78. The fourth-order valence-electron chi connectivity index (χ4n) is 6.13. The average Bonchev–Trinajstić information content (AvgIpc) is 2.87. The van der Waals surface area contributed by atoms with Gasteiger partial charge in [0.25, 0.3) is 0 Å². The van der Waals surface area contributed by atoms with Crippen molar-refractivity contribution in [3.63, 3.8) is 0 Å². The highest BCUT2D eigenvalue weighted by atomic mass is 35.5. The second kappa shape index (κ2) is 15.4. The molecule has 0 saturated carbocycles. The molecule has 0 N–H and O–H groups in total. The molecule has 2 aromatic carbocycles. The minimum atomic E-state index is 0.141. The maximum absolute atomic E-state index is 9.19. The zero-order valence-electron chi connectivity index (χ0n) is 22.8. The predicted molar refractivity (Wildman–Crippen MR) is 153 cm³/mol. The van der Waals surface area contributed by atoms with Crippen LogP contribution in [-0.2, 0) is 17.3 Å². The van der Waals surface area contributed by atoms with E-state index in [1.54, 1.807) is 0 Å². The molecule has 1 nitrogen and oxygen atoms in total. The quantitative estimate of drug-likeness (QED) is 0.201. The number of hydrogen-bond acceptors (Lipinski definition) is 1. The molecule has 0 spiro atoms. The molecule has 0 radical (unpaired) electrons. The lowest BCUT2D eigenvalue weighted by Crippen LogP contribution is -2.38. The van der Waals surface area contributed by atoms with Gasteiger partial charge in [-0.15, -0.1) is 0 Å². The molecule has 2 unspecified atom stereocenters. The zero-order chi connectivity index (χ0) is 25.6. The Kier molecular flexibility index (Phi) is 12.9. The molecule has 0 bridgehead atoms. The Morgan fingerprint density at radius 2 is 1.20 bits per heavy atom. The SMILES string of the molecule is CCCCCCC(CCCCC)(CC(CC)(CCC)c1ccc(Cl)cc1)c1ccc(CC#N)cc1. The van der Waals surface area contributed by atoms with Gasteiger partial charge < -0.3 is 0 Å². The van der Waals surface area contributed by atoms with Crippen LogP contribution < -0.4 is 0 Å². The van der Waals surface area contributed by atoms with Crippen LogP contribution in [0, 0.1) is 11.3 Å². The van der Waals surface area contributed by atoms with Crippen molar-refractivity contribution in [2.75, 3.05) is 0 Å². The maximum atomic E-state index is 9.19. The predicted octanol–water partition coefficient (Wildman–Crippen LogP) is 10.7. The molecule has 192 valence electrons. The van der Waals surface area contributed by atoms with Gasteiger partial charge >= 0.3 is 0 Å². The zero-order valence-corrected chi connectivity index (χ0v) is 23.6. The Morgan fingerprint density at radius 1 is 0.657 bits per heavy atom. The van der Waals surface area contributed by atoms with E-state index in [9.17, 15) is 5.26 Å². The van der Waals surface area contributed by atoms with Crippen molar-refractivity contribution in [2.24, 2.45) is 0 Å². The smallest absolute Gasteiger partial charge is 0.0669 e. The van der Waals surface area contributed by atoms with Crippen LogP contribution in [0.4, 0.5) is 0 Å². The van der Waals surface area contributed by atoms with Crippen molar-refractivity contribution in [2.45, 2.75) is 128 Å². The summed E-state index contributed by atoms with van der Waals surface area (Å²) < 4.78 is 0. The van der Waals surface area contributed by atoms with E-state index in [1.165, 1.54) is 88.2 Å². The molecule has 35 heavy (non-hydrogen) atoms. The van der Waals surface area contributed by atoms with E-state index < -0.39 is 0 Å². The van der Waals surface area contributed by atoms with Crippen molar-refractivity contribution in [1.82, 2.24) is 0 Å². The molecule has 0 fully saturated rings. The summed E-state index contributed by atoms with van der Waals surface area (Å²) in [6, 6.07) is 20.1. The summed E-state index contributed by atoms with van der Waals surface area (Å²) >= 11 is 6.31. The summed E-state index contributed by atoms with van der Waals surface area (Å²) in [5.74, 6) is 0. The maximum Gasteiger partial charge on any atom is 0.0669 e. The average molecular weight is 494 g/mol. The van der Waals surface area contributed by atoms with E-state index in [1.807, 2.05) is 0 Å². The standard InChI is InChI=1S/C33H48ClN/c1-5-9-11-13-25-33(24-12-10-6-2,30-16-14-28(15-17-30)22-26-35)27-32(8-4,23-7-3)29-18-20-31(34)21-19-29/h14-21H,5-13,22-25,27H2,1-4H3. The molecule has 0 aromatic heterocycles. The summed E-state index contributed by atoms with van der Waals surface area (Å²) in [6.45, 7) is 9.32. The molecule has 2 atom stereocenters. The second-order valence-corrected chi connectivity index (χ2v) is 11.1. The first-order valence-corrected chi connectivity index (χ1v) is 14.6.